The monoisotopic (exact) mass is 882 g/mol. The SMILES string of the molecule is COCCOC1CCN(Cc2cc(N3CC(C)n4c(c(CCCOc5cc(C)c(Cl)c(C)c5)c5ccc(Cl)c(-c6c(C)nn(C)c6C)c54)C3=O)c3c(c2)cc(C(=O)O)n3C)CC1. The number of benzene rings is 3. The summed E-state index contributed by atoms with van der Waals surface area (Å²) in [7, 11) is 5.38. The Morgan fingerprint density at radius 3 is 2.32 bits per heavy atom. The molecule has 0 radical (unpaired) electrons. The summed E-state index contributed by atoms with van der Waals surface area (Å²) < 4.78 is 23.3. The van der Waals surface area contributed by atoms with Crippen LogP contribution in [0.2, 0.25) is 10.0 Å². The molecule has 1 atom stereocenters. The Balaban J connectivity index is 1.22. The van der Waals surface area contributed by atoms with Crippen molar-refractivity contribution in [3.05, 3.63) is 97.5 Å². The number of carboxylic acid groups (broad SMARTS) is 1. The van der Waals surface area contributed by atoms with Crippen LogP contribution in [-0.2, 0) is 36.5 Å². The number of hydrogen-bond acceptors (Lipinski definition) is 7. The van der Waals surface area contributed by atoms with Crippen molar-refractivity contribution in [2.24, 2.45) is 14.1 Å². The highest BCUT2D eigenvalue weighted by Gasteiger charge is 2.38. The van der Waals surface area contributed by atoms with Crippen LogP contribution in [0.1, 0.15) is 86.8 Å². The van der Waals surface area contributed by atoms with Gasteiger partial charge < -0.3 is 33.4 Å². The van der Waals surface area contributed by atoms with Gasteiger partial charge in [-0.2, -0.15) is 5.10 Å². The fourth-order valence-electron chi connectivity index (χ4n) is 9.77. The predicted octanol–water partition coefficient (Wildman–Crippen LogP) is 9.63. The van der Waals surface area contributed by atoms with Gasteiger partial charge in [-0.25, -0.2) is 4.79 Å². The maximum atomic E-state index is 15.6. The van der Waals surface area contributed by atoms with Crippen LogP contribution in [0.4, 0.5) is 5.69 Å². The van der Waals surface area contributed by atoms with Crippen LogP contribution in [0.3, 0.4) is 0 Å². The van der Waals surface area contributed by atoms with Gasteiger partial charge in [0.1, 0.15) is 17.1 Å². The lowest BCUT2D eigenvalue weighted by Crippen LogP contribution is -2.43. The summed E-state index contributed by atoms with van der Waals surface area (Å²) in [4.78, 5) is 32.4. The molecule has 2 aliphatic heterocycles. The number of halogens is 2. The van der Waals surface area contributed by atoms with Crippen molar-refractivity contribution in [3.63, 3.8) is 0 Å². The average Bonchev–Trinajstić information content (AvgIpc) is 3.84. The molecule has 328 valence electrons. The number of hydrogen-bond donors (Lipinski definition) is 1. The van der Waals surface area contributed by atoms with Crippen molar-refractivity contribution in [2.75, 3.05) is 51.5 Å². The molecule has 5 heterocycles. The van der Waals surface area contributed by atoms with E-state index in [1.165, 1.54) is 0 Å². The number of ether oxygens (including phenoxy) is 3. The van der Waals surface area contributed by atoms with Crippen molar-refractivity contribution in [2.45, 2.75) is 79.0 Å². The maximum Gasteiger partial charge on any atom is 0.352 e. The number of aromatic carboxylic acids is 1. The number of anilines is 1. The van der Waals surface area contributed by atoms with Crippen LogP contribution < -0.4 is 9.64 Å². The van der Waals surface area contributed by atoms with Gasteiger partial charge in [0.25, 0.3) is 5.91 Å². The lowest BCUT2D eigenvalue weighted by molar-refractivity contribution is -0.0158. The van der Waals surface area contributed by atoms with Gasteiger partial charge in [0.15, 0.2) is 0 Å². The van der Waals surface area contributed by atoms with E-state index in [1.54, 1.807) is 24.8 Å². The minimum atomic E-state index is -1.02. The van der Waals surface area contributed by atoms with Gasteiger partial charge >= 0.3 is 5.97 Å². The lowest BCUT2D eigenvalue weighted by Gasteiger charge is -2.35. The smallest absolute Gasteiger partial charge is 0.352 e. The molecule has 3 aromatic carbocycles. The number of likely N-dealkylation sites (tertiary alicyclic amines) is 1. The summed E-state index contributed by atoms with van der Waals surface area (Å²) in [6.07, 6.45) is 3.23. The highest BCUT2D eigenvalue weighted by molar-refractivity contribution is 6.35. The number of nitrogens with zero attached hydrogens (tertiary/aromatic N) is 6. The molecule has 8 rings (SSSR count). The Morgan fingerprint density at radius 1 is 0.935 bits per heavy atom. The molecule has 12 nitrogen and oxygen atoms in total. The first-order valence-corrected chi connectivity index (χ1v) is 22.2. The van der Waals surface area contributed by atoms with E-state index in [1.807, 2.05) is 68.6 Å². The van der Waals surface area contributed by atoms with Crippen LogP contribution in [0.5, 0.6) is 5.75 Å². The molecule has 1 amide bonds. The molecule has 0 aliphatic carbocycles. The zero-order valence-electron chi connectivity index (χ0n) is 36.9. The number of aryl methyl sites for hydroxylation is 6. The van der Waals surface area contributed by atoms with Crippen LogP contribution in [-0.4, -0.2) is 93.5 Å². The standard InChI is InChI=1S/C48H56Cl2N6O6/c1-27-20-35(21-28(2)43(27)50)61-17-9-10-36-37-11-12-38(49)42(41-30(4)51-53(7)31(41)5)45(37)56-29(3)25-55(47(57)46(36)56)39-23-32(22-33-24-40(48(58)59)52(6)44(33)39)26-54-15-13-34(14-16-54)62-19-18-60-8/h11-12,20-24,29,34H,9-10,13-19,25-26H2,1-8H3,(H,58,59). The molecule has 62 heavy (non-hydrogen) atoms. The number of fused-ring (bicyclic) bond motifs is 4. The average molecular weight is 884 g/mol. The van der Waals surface area contributed by atoms with E-state index >= 15 is 4.79 Å². The van der Waals surface area contributed by atoms with Crippen LogP contribution in [0, 0.1) is 27.7 Å². The molecule has 14 heteroatoms. The van der Waals surface area contributed by atoms with E-state index in [-0.39, 0.29) is 23.7 Å². The molecule has 0 spiro atoms. The number of piperidine rings is 1. The summed E-state index contributed by atoms with van der Waals surface area (Å²) in [5, 5.41) is 18.1. The number of carbonyl (C=O) groups excluding carboxylic acids is 1. The Hall–Kier alpha value is -4.85. The van der Waals surface area contributed by atoms with E-state index in [0.717, 1.165) is 97.8 Å². The normalized spacial score (nSPS) is 16.3. The zero-order chi connectivity index (χ0) is 44.1. The number of carboxylic acids is 1. The van der Waals surface area contributed by atoms with Crippen molar-refractivity contribution < 1.29 is 28.9 Å². The Labute approximate surface area is 372 Å². The van der Waals surface area contributed by atoms with E-state index in [2.05, 4.69) is 28.5 Å². The Morgan fingerprint density at radius 2 is 1.66 bits per heavy atom. The molecular weight excluding hydrogens is 827 g/mol. The Kier molecular flexibility index (Phi) is 12.5. The minimum absolute atomic E-state index is 0.147. The first kappa shape index (κ1) is 43.8. The summed E-state index contributed by atoms with van der Waals surface area (Å²) in [6.45, 7) is 14.5. The van der Waals surface area contributed by atoms with Crippen molar-refractivity contribution >= 4 is 62.6 Å². The highest BCUT2D eigenvalue weighted by atomic mass is 35.5. The fourth-order valence-corrected chi connectivity index (χ4v) is 10.1. The third-order valence-corrected chi connectivity index (χ3v) is 13.7. The van der Waals surface area contributed by atoms with Crippen LogP contribution >= 0.6 is 23.2 Å². The van der Waals surface area contributed by atoms with Crippen LogP contribution in [0.25, 0.3) is 32.9 Å². The third-order valence-electron chi connectivity index (χ3n) is 12.8. The zero-order valence-corrected chi connectivity index (χ0v) is 38.4. The van der Waals surface area contributed by atoms with Crippen molar-refractivity contribution in [1.82, 2.24) is 23.8 Å². The first-order valence-electron chi connectivity index (χ1n) is 21.4. The molecule has 6 aromatic rings. The van der Waals surface area contributed by atoms with E-state index in [4.69, 9.17) is 42.5 Å². The quantitative estimate of drug-likeness (QED) is 0.108. The molecule has 3 aromatic heterocycles. The molecule has 1 fully saturated rings. The number of methoxy groups -OCH3 is 1. The molecule has 0 saturated carbocycles. The van der Waals surface area contributed by atoms with Crippen LogP contribution in [0.15, 0.2) is 42.5 Å². The first-order chi connectivity index (χ1) is 29.7. The molecular formula is C48H56Cl2N6O6. The van der Waals surface area contributed by atoms with Gasteiger partial charge in [-0.3, -0.25) is 14.4 Å². The second-order valence-electron chi connectivity index (χ2n) is 17.1. The van der Waals surface area contributed by atoms with Crippen molar-refractivity contribution in [3.8, 4) is 16.9 Å². The van der Waals surface area contributed by atoms with Gasteiger partial charge in [0, 0.05) is 86.0 Å². The second kappa shape index (κ2) is 17.7. The molecule has 1 N–H and O–H groups in total. The third kappa shape index (κ3) is 8.00. The number of carbonyl (C=O) groups is 2. The number of rotatable bonds is 14. The summed E-state index contributed by atoms with van der Waals surface area (Å²) in [6, 6.07) is 13.6. The summed E-state index contributed by atoms with van der Waals surface area (Å²) in [5.41, 5.74) is 10.6. The Bertz CT molecular complexity index is 2680. The summed E-state index contributed by atoms with van der Waals surface area (Å²) >= 11 is 13.6. The number of aromatic nitrogens is 4. The fraction of sp³-hybridized carbons (Fsp3) is 0.438. The molecule has 2 aliphatic rings. The van der Waals surface area contributed by atoms with E-state index < -0.39 is 5.97 Å². The van der Waals surface area contributed by atoms with Crippen molar-refractivity contribution in [1.29, 1.82) is 0 Å². The van der Waals surface area contributed by atoms with Gasteiger partial charge in [0.2, 0.25) is 0 Å². The maximum absolute atomic E-state index is 15.6. The van der Waals surface area contributed by atoms with Gasteiger partial charge in [-0.15, -0.1) is 0 Å². The largest absolute Gasteiger partial charge is 0.494 e. The number of amides is 1. The molecule has 0 bridgehead atoms. The molecule has 1 unspecified atom stereocenters. The van der Waals surface area contributed by atoms with E-state index in [0.29, 0.717) is 67.7 Å². The summed E-state index contributed by atoms with van der Waals surface area (Å²) in [5.74, 6) is -0.414. The highest BCUT2D eigenvalue weighted by Crippen LogP contribution is 2.46. The van der Waals surface area contributed by atoms with E-state index in [9.17, 15) is 9.90 Å². The topological polar surface area (TPSA) is 116 Å². The van der Waals surface area contributed by atoms with Gasteiger partial charge in [-0.1, -0.05) is 29.3 Å². The second-order valence-corrected chi connectivity index (χ2v) is 17.8. The minimum Gasteiger partial charge on any atom is -0.494 e. The van der Waals surface area contributed by atoms with Gasteiger partial charge in [-0.05, 0) is 119 Å². The predicted molar refractivity (Wildman–Crippen MR) is 246 cm³/mol. The van der Waals surface area contributed by atoms with Gasteiger partial charge in [0.05, 0.1) is 53.4 Å². The molecule has 1 saturated heterocycles. The lowest BCUT2D eigenvalue weighted by atomic mass is 9.98.